The van der Waals surface area contributed by atoms with E-state index in [1.165, 1.54) is 5.69 Å². The summed E-state index contributed by atoms with van der Waals surface area (Å²) in [4.78, 5) is 6.12. The van der Waals surface area contributed by atoms with Crippen molar-refractivity contribution >= 4 is 29.4 Å². The van der Waals surface area contributed by atoms with Gasteiger partial charge in [-0.15, -0.1) is 0 Å². The van der Waals surface area contributed by atoms with Crippen molar-refractivity contribution in [3.05, 3.63) is 58.9 Å². The number of nitrogens with zero attached hydrogens (tertiary/aromatic N) is 2. The van der Waals surface area contributed by atoms with Crippen molar-refractivity contribution in [2.45, 2.75) is 0 Å². The zero-order chi connectivity index (χ0) is 13.0. The molecule has 1 aromatic carbocycles. The molecule has 0 fully saturated rings. The fourth-order valence-corrected chi connectivity index (χ4v) is 1.67. The highest BCUT2D eigenvalue weighted by molar-refractivity contribution is 6.29. The van der Waals surface area contributed by atoms with Crippen LogP contribution in [0, 0.1) is 0 Å². The number of halogens is 1. The van der Waals surface area contributed by atoms with Gasteiger partial charge < -0.3 is 4.90 Å². The van der Waals surface area contributed by atoms with Crippen molar-refractivity contribution in [3.8, 4) is 0 Å². The van der Waals surface area contributed by atoms with E-state index in [0.29, 0.717) is 5.15 Å². The molecule has 0 aliphatic carbocycles. The first-order valence-corrected chi connectivity index (χ1v) is 6.10. The molecule has 1 heterocycles. The summed E-state index contributed by atoms with van der Waals surface area (Å²) in [6.07, 6.45) is 5.84. The van der Waals surface area contributed by atoms with Crippen LogP contribution in [0.4, 0.5) is 5.69 Å². The van der Waals surface area contributed by atoms with Crippen molar-refractivity contribution in [1.82, 2.24) is 4.98 Å². The van der Waals surface area contributed by atoms with Gasteiger partial charge in [-0.2, -0.15) is 0 Å². The molecule has 2 rings (SSSR count). The normalized spacial score (nSPS) is 10.8. The average Bonchev–Trinajstić information content (AvgIpc) is 2.38. The number of rotatable bonds is 3. The van der Waals surface area contributed by atoms with E-state index in [9.17, 15) is 0 Å². The molecule has 0 saturated carbocycles. The Balaban J connectivity index is 2.11. The molecule has 0 N–H and O–H groups in total. The summed E-state index contributed by atoms with van der Waals surface area (Å²) in [6.45, 7) is 0. The van der Waals surface area contributed by atoms with E-state index in [0.717, 1.165) is 11.1 Å². The third-order valence-corrected chi connectivity index (χ3v) is 2.85. The quantitative estimate of drug-likeness (QED) is 0.775. The largest absolute Gasteiger partial charge is 0.378 e. The van der Waals surface area contributed by atoms with Crippen LogP contribution < -0.4 is 4.90 Å². The summed E-state index contributed by atoms with van der Waals surface area (Å²) in [5, 5.41) is 0.516. The summed E-state index contributed by atoms with van der Waals surface area (Å²) < 4.78 is 0. The molecule has 0 amide bonds. The summed E-state index contributed by atoms with van der Waals surface area (Å²) in [7, 11) is 4.06. The van der Waals surface area contributed by atoms with Gasteiger partial charge in [-0.1, -0.05) is 42.0 Å². The highest BCUT2D eigenvalue weighted by Crippen LogP contribution is 2.14. The van der Waals surface area contributed by atoms with Gasteiger partial charge in [-0.3, -0.25) is 0 Å². The predicted molar refractivity (Wildman–Crippen MR) is 78.9 cm³/mol. The molecule has 0 bridgehead atoms. The Morgan fingerprint density at radius 1 is 0.944 bits per heavy atom. The molecule has 0 unspecified atom stereocenters. The number of benzene rings is 1. The Hall–Kier alpha value is -1.80. The first kappa shape index (κ1) is 12.7. The van der Waals surface area contributed by atoms with Crippen molar-refractivity contribution in [2.24, 2.45) is 0 Å². The van der Waals surface area contributed by atoms with E-state index in [1.807, 2.05) is 26.2 Å². The van der Waals surface area contributed by atoms with Gasteiger partial charge in [0, 0.05) is 26.0 Å². The van der Waals surface area contributed by atoms with Gasteiger partial charge in [0.25, 0.3) is 0 Å². The Kier molecular flexibility index (Phi) is 4.00. The van der Waals surface area contributed by atoms with Crippen molar-refractivity contribution < 1.29 is 0 Å². The second-order valence-corrected chi connectivity index (χ2v) is 4.62. The third kappa shape index (κ3) is 3.34. The molecule has 2 aromatic rings. The Bertz CT molecular complexity index is 527. The standard InChI is InChI=1S/C15H15ClN2/c1-18(2)14-8-5-12(6-9-14)3-4-13-7-10-15(16)17-11-13/h3-11H,1-2H3. The van der Waals surface area contributed by atoms with Crippen LogP contribution in [-0.2, 0) is 0 Å². The van der Waals surface area contributed by atoms with E-state index >= 15 is 0 Å². The minimum Gasteiger partial charge on any atom is -0.378 e. The minimum atomic E-state index is 0.516. The van der Waals surface area contributed by atoms with E-state index in [-0.39, 0.29) is 0 Å². The second-order valence-electron chi connectivity index (χ2n) is 4.23. The molecule has 0 atom stereocenters. The fraction of sp³-hybridized carbons (Fsp3) is 0.133. The maximum absolute atomic E-state index is 5.74. The second kappa shape index (κ2) is 5.69. The Morgan fingerprint density at radius 3 is 2.11 bits per heavy atom. The molecular formula is C15H15ClN2. The summed E-state index contributed by atoms with van der Waals surface area (Å²) in [6, 6.07) is 12.1. The van der Waals surface area contributed by atoms with Crippen LogP contribution in [-0.4, -0.2) is 19.1 Å². The van der Waals surface area contributed by atoms with E-state index in [2.05, 4.69) is 40.2 Å². The number of hydrogen-bond acceptors (Lipinski definition) is 2. The summed E-state index contributed by atoms with van der Waals surface area (Å²) in [5.74, 6) is 0. The van der Waals surface area contributed by atoms with Crippen LogP contribution in [0.5, 0.6) is 0 Å². The van der Waals surface area contributed by atoms with Gasteiger partial charge in [-0.25, -0.2) is 4.98 Å². The van der Waals surface area contributed by atoms with Crippen molar-refractivity contribution in [3.63, 3.8) is 0 Å². The molecular weight excluding hydrogens is 244 g/mol. The van der Waals surface area contributed by atoms with Gasteiger partial charge in [0.1, 0.15) is 5.15 Å². The molecule has 2 nitrogen and oxygen atoms in total. The molecule has 0 spiro atoms. The molecule has 0 aliphatic rings. The van der Waals surface area contributed by atoms with Crippen LogP contribution in [0.3, 0.4) is 0 Å². The lowest BCUT2D eigenvalue weighted by molar-refractivity contribution is 1.13. The van der Waals surface area contributed by atoms with Crippen LogP contribution >= 0.6 is 11.6 Å². The molecule has 92 valence electrons. The number of hydrogen-bond donors (Lipinski definition) is 0. The number of pyridine rings is 1. The first-order valence-electron chi connectivity index (χ1n) is 5.72. The Labute approximate surface area is 113 Å². The topological polar surface area (TPSA) is 16.1 Å². The lowest BCUT2D eigenvalue weighted by Crippen LogP contribution is -2.07. The zero-order valence-corrected chi connectivity index (χ0v) is 11.2. The van der Waals surface area contributed by atoms with Crippen LogP contribution in [0.15, 0.2) is 42.6 Å². The number of aromatic nitrogens is 1. The molecule has 1 aromatic heterocycles. The minimum absolute atomic E-state index is 0.516. The van der Waals surface area contributed by atoms with Gasteiger partial charge in [0.05, 0.1) is 0 Å². The predicted octanol–water partition coefficient (Wildman–Crippen LogP) is 3.97. The number of anilines is 1. The van der Waals surface area contributed by atoms with Crippen LogP contribution in [0.25, 0.3) is 12.2 Å². The molecule has 0 saturated heterocycles. The first-order chi connectivity index (χ1) is 8.65. The van der Waals surface area contributed by atoms with Crippen LogP contribution in [0.1, 0.15) is 11.1 Å². The highest BCUT2D eigenvalue weighted by atomic mass is 35.5. The molecule has 3 heteroatoms. The lowest BCUT2D eigenvalue weighted by atomic mass is 10.1. The molecule has 0 radical (unpaired) electrons. The smallest absolute Gasteiger partial charge is 0.129 e. The average molecular weight is 259 g/mol. The lowest BCUT2D eigenvalue weighted by Gasteiger charge is -2.11. The van der Waals surface area contributed by atoms with E-state index < -0.39 is 0 Å². The van der Waals surface area contributed by atoms with Crippen molar-refractivity contribution in [2.75, 3.05) is 19.0 Å². The van der Waals surface area contributed by atoms with Gasteiger partial charge >= 0.3 is 0 Å². The highest BCUT2D eigenvalue weighted by Gasteiger charge is 1.94. The third-order valence-electron chi connectivity index (χ3n) is 2.63. The van der Waals surface area contributed by atoms with Gasteiger partial charge in [0.15, 0.2) is 0 Å². The fourth-order valence-electron chi connectivity index (χ4n) is 1.56. The SMILES string of the molecule is CN(C)c1ccc(C=Cc2ccc(Cl)nc2)cc1. The van der Waals surface area contributed by atoms with Crippen LogP contribution in [0.2, 0.25) is 5.15 Å². The molecule has 18 heavy (non-hydrogen) atoms. The monoisotopic (exact) mass is 258 g/mol. The zero-order valence-electron chi connectivity index (χ0n) is 10.5. The van der Waals surface area contributed by atoms with Gasteiger partial charge in [0.2, 0.25) is 0 Å². The van der Waals surface area contributed by atoms with Gasteiger partial charge in [-0.05, 0) is 29.3 Å². The molecule has 0 aliphatic heterocycles. The maximum atomic E-state index is 5.74. The summed E-state index contributed by atoms with van der Waals surface area (Å²) in [5.41, 5.74) is 3.40. The van der Waals surface area contributed by atoms with E-state index in [1.54, 1.807) is 12.3 Å². The van der Waals surface area contributed by atoms with Crippen molar-refractivity contribution in [1.29, 1.82) is 0 Å². The van der Waals surface area contributed by atoms with E-state index in [4.69, 9.17) is 11.6 Å². The maximum Gasteiger partial charge on any atom is 0.129 e. The summed E-state index contributed by atoms with van der Waals surface area (Å²) >= 11 is 5.74. The Morgan fingerprint density at radius 2 is 1.56 bits per heavy atom.